The molecule has 8 heteroatoms. The van der Waals surface area contributed by atoms with Gasteiger partial charge in [0.2, 0.25) is 5.91 Å². The molecule has 1 unspecified atom stereocenters. The minimum Gasteiger partial charge on any atom is -0.508 e. The fourth-order valence-corrected chi connectivity index (χ4v) is 4.71. The molecule has 2 heterocycles. The lowest BCUT2D eigenvalue weighted by Gasteiger charge is -2.39. The van der Waals surface area contributed by atoms with Gasteiger partial charge >= 0.3 is 0 Å². The fourth-order valence-electron chi connectivity index (χ4n) is 4.26. The van der Waals surface area contributed by atoms with E-state index in [2.05, 4.69) is 10.2 Å². The van der Waals surface area contributed by atoms with Crippen LogP contribution in [0.5, 0.6) is 17.2 Å². The Morgan fingerprint density at radius 2 is 2.06 bits per heavy atom. The zero-order valence-corrected chi connectivity index (χ0v) is 18.9. The number of phenolic OH excluding ortho intramolecular Hbond substituents is 1. The summed E-state index contributed by atoms with van der Waals surface area (Å²) in [5, 5.41) is 12.9. The summed E-state index contributed by atoms with van der Waals surface area (Å²) in [6.07, 6.45) is 2.76. The van der Waals surface area contributed by atoms with Gasteiger partial charge in [0.05, 0.1) is 11.1 Å². The second-order valence-electron chi connectivity index (χ2n) is 8.28. The third-order valence-corrected chi connectivity index (χ3v) is 6.28. The Kier molecular flexibility index (Phi) is 6.51. The van der Waals surface area contributed by atoms with Crippen molar-refractivity contribution in [1.82, 2.24) is 4.90 Å². The molecule has 0 aliphatic carbocycles. The number of likely N-dealkylation sites (tertiary alicyclic amines) is 1. The van der Waals surface area contributed by atoms with Gasteiger partial charge in [-0.1, -0.05) is 11.6 Å². The van der Waals surface area contributed by atoms with Gasteiger partial charge in [-0.25, -0.2) is 0 Å². The van der Waals surface area contributed by atoms with Gasteiger partial charge in [0.25, 0.3) is 0 Å². The molecule has 0 aromatic heterocycles. The zero-order valence-electron chi connectivity index (χ0n) is 17.4. The van der Waals surface area contributed by atoms with E-state index in [0.29, 0.717) is 18.0 Å². The number of phenols is 1. The lowest BCUT2D eigenvalue weighted by atomic mass is 9.87. The minimum absolute atomic E-state index is 0.0652. The van der Waals surface area contributed by atoms with Gasteiger partial charge in [-0.05, 0) is 35.9 Å². The number of hydrogen-bond donors (Lipinski definition) is 2. The van der Waals surface area contributed by atoms with E-state index in [9.17, 15) is 9.90 Å². The Morgan fingerprint density at radius 1 is 1.29 bits per heavy atom. The van der Waals surface area contributed by atoms with Crippen molar-refractivity contribution in [1.29, 1.82) is 0 Å². The Hall–Kier alpha value is -2.15. The van der Waals surface area contributed by atoms with Crippen LogP contribution in [0.2, 0.25) is 5.02 Å². The number of aromatic hydroxyl groups is 1. The van der Waals surface area contributed by atoms with Crippen LogP contribution in [0.25, 0.3) is 0 Å². The standard InChI is InChI=1S/C23H26Cl2N2O4/c1-15(28)26-20-4-3-19(29)11-22(20)30-14-18(25)13-27-8-6-23(7-9-27)12-16-10-17(24)2-5-21(16)31-23/h2-5,10-11,18,29H,6-9,12-14H2,1H3,(H,26,28). The number of rotatable bonds is 6. The fraction of sp³-hybridized carbons (Fsp3) is 0.435. The largest absolute Gasteiger partial charge is 0.508 e. The van der Waals surface area contributed by atoms with Crippen molar-refractivity contribution in [2.45, 2.75) is 37.2 Å². The molecule has 1 fully saturated rings. The van der Waals surface area contributed by atoms with Gasteiger partial charge in [-0.3, -0.25) is 4.79 Å². The number of anilines is 1. The van der Waals surface area contributed by atoms with Crippen molar-refractivity contribution in [3.63, 3.8) is 0 Å². The number of amides is 1. The van der Waals surface area contributed by atoms with Gasteiger partial charge in [-0.15, -0.1) is 11.6 Å². The topological polar surface area (TPSA) is 71.0 Å². The molecule has 2 N–H and O–H groups in total. The molecule has 0 saturated carbocycles. The molecule has 0 radical (unpaired) electrons. The monoisotopic (exact) mass is 464 g/mol. The van der Waals surface area contributed by atoms with E-state index in [1.807, 2.05) is 18.2 Å². The molecule has 6 nitrogen and oxygen atoms in total. The van der Waals surface area contributed by atoms with Crippen LogP contribution in [0.15, 0.2) is 36.4 Å². The van der Waals surface area contributed by atoms with Crippen LogP contribution in [-0.4, -0.2) is 53.1 Å². The molecule has 2 aliphatic heterocycles. The van der Waals surface area contributed by atoms with Crippen LogP contribution in [0.1, 0.15) is 25.3 Å². The number of halogens is 2. The highest BCUT2D eigenvalue weighted by Crippen LogP contribution is 2.42. The highest BCUT2D eigenvalue weighted by molar-refractivity contribution is 6.30. The van der Waals surface area contributed by atoms with Crippen LogP contribution < -0.4 is 14.8 Å². The SMILES string of the molecule is CC(=O)Nc1ccc(O)cc1OCC(Cl)CN1CCC2(CC1)Cc1cc(Cl)ccc1O2. The van der Waals surface area contributed by atoms with Crippen molar-refractivity contribution in [3.8, 4) is 17.2 Å². The summed E-state index contributed by atoms with van der Waals surface area (Å²) in [6.45, 7) is 4.16. The number of nitrogens with zero attached hydrogens (tertiary/aromatic N) is 1. The maximum Gasteiger partial charge on any atom is 0.221 e. The zero-order chi connectivity index (χ0) is 22.0. The molecule has 1 atom stereocenters. The van der Waals surface area contributed by atoms with Crippen molar-refractivity contribution in [2.75, 3.05) is 31.6 Å². The predicted molar refractivity (Wildman–Crippen MR) is 122 cm³/mol. The Labute approximate surface area is 192 Å². The third-order valence-electron chi connectivity index (χ3n) is 5.78. The van der Waals surface area contributed by atoms with Gasteiger partial charge in [0.15, 0.2) is 0 Å². The maximum atomic E-state index is 11.4. The van der Waals surface area contributed by atoms with Crippen LogP contribution in [-0.2, 0) is 11.2 Å². The summed E-state index contributed by atoms with van der Waals surface area (Å²) in [4.78, 5) is 13.7. The molecular weight excluding hydrogens is 439 g/mol. The lowest BCUT2D eigenvalue weighted by molar-refractivity contribution is -0.114. The van der Waals surface area contributed by atoms with Crippen LogP contribution >= 0.6 is 23.2 Å². The number of fused-ring (bicyclic) bond motifs is 1. The summed E-state index contributed by atoms with van der Waals surface area (Å²) < 4.78 is 12.1. The van der Waals surface area contributed by atoms with Crippen molar-refractivity contribution >= 4 is 34.8 Å². The summed E-state index contributed by atoms with van der Waals surface area (Å²) in [5.74, 6) is 1.20. The first-order valence-corrected chi connectivity index (χ1v) is 11.2. The summed E-state index contributed by atoms with van der Waals surface area (Å²) in [6, 6.07) is 10.4. The highest BCUT2D eigenvalue weighted by Gasteiger charge is 2.42. The second kappa shape index (κ2) is 9.15. The average Bonchev–Trinajstić information content (AvgIpc) is 3.06. The third kappa shape index (κ3) is 5.37. The summed E-state index contributed by atoms with van der Waals surface area (Å²) in [7, 11) is 0. The second-order valence-corrected chi connectivity index (χ2v) is 9.34. The number of carbonyl (C=O) groups excluding carboxylic acids is 1. The maximum absolute atomic E-state index is 11.4. The number of hydrogen-bond acceptors (Lipinski definition) is 5. The first-order chi connectivity index (χ1) is 14.8. The first-order valence-electron chi connectivity index (χ1n) is 10.4. The molecule has 166 valence electrons. The summed E-state index contributed by atoms with van der Waals surface area (Å²) >= 11 is 12.7. The van der Waals surface area contributed by atoms with E-state index >= 15 is 0 Å². The Bertz CT molecular complexity index is 961. The lowest BCUT2D eigenvalue weighted by Crippen LogP contribution is -2.49. The number of benzene rings is 2. The Balaban J connectivity index is 1.27. The summed E-state index contributed by atoms with van der Waals surface area (Å²) in [5.41, 5.74) is 1.55. The van der Waals surface area contributed by atoms with Crippen molar-refractivity contribution < 1.29 is 19.4 Å². The molecule has 1 amide bonds. The first kappa shape index (κ1) is 22.1. The number of carbonyl (C=O) groups is 1. The van der Waals surface area contributed by atoms with Gasteiger partial charge in [0.1, 0.15) is 29.5 Å². The van der Waals surface area contributed by atoms with E-state index in [-0.39, 0.29) is 29.2 Å². The molecular formula is C23H26Cl2N2O4. The van der Waals surface area contributed by atoms with Gasteiger partial charge in [-0.2, -0.15) is 0 Å². The van der Waals surface area contributed by atoms with Crippen LogP contribution in [0.4, 0.5) is 5.69 Å². The molecule has 2 aliphatic rings. The van der Waals surface area contributed by atoms with Gasteiger partial charge in [0, 0.05) is 56.9 Å². The number of alkyl halides is 1. The van der Waals surface area contributed by atoms with Crippen LogP contribution in [0.3, 0.4) is 0 Å². The average molecular weight is 465 g/mol. The number of piperidine rings is 1. The quantitative estimate of drug-likeness (QED) is 0.487. The van der Waals surface area contributed by atoms with E-state index in [1.54, 1.807) is 6.07 Å². The minimum atomic E-state index is -0.234. The van der Waals surface area contributed by atoms with Crippen LogP contribution in [0, 0.1) is 0 Å². The molecule has 4 rings (SSSR count). The van der Waals surface area contributed by atoms with Crippen molar-refractivity contribution in [3.05, 3.63) is 47.0 Å². The molecule has 31 heavy (non-hydrogen) atoms. The number of ether oxygens (including phenoxy) is 2. The molecule has 2 aromatic carbocycles. The van der Waals surface area contributed by atoms with E-state index in [4.69, 9.17) is 32.7 Å². The van der Waals surface area contributed by atoms with Crippen molar-refractivity contribution in [2.24, 2.45) is 0 Å². The molecule has 2 aromatic rings. The molecule has 1 spiro atoms. The predicted octanol–water partition coefficient (Wildman–Crippen LogP) is 4.46. The normalized spacial score (nSPS) is 18.3. The highest BCUT2D eigenvalue weighted by atomic mass is 35.5. The van der Waals surface area contributed by atoms with E-state index < -0.39 is 0 Å². The Morgan fingerprint density at radius 3 is 2.81 bits per heavy atom. The van der Waals surface area contributed by atoms with E-state index in [1.165, 1.54) is 24.6 Å². The number of nitrogens with one attached hydrogen (secondary N) is 1. The van der Waals surface area contributed by atoms with Gasteiger partial charge < -0.3 is 24.8 Å². The van der Waals surface area contributed by atoms with E-state index in [0.717, 1.165) is 43.1 Å². The molecule has 0 bridgehead atoms. The smallest absolute Gasteiger partial charge is 0.221 e. The molecule has 1 saturated heterocycles.